The van der Waals surface area contributed by atoms with Crippen molar-refractivity contribution in [1.82, 2.24) is 20.2 Å². The van der Waals surface area contributed by atoms with E-state index in [1.165, 1.54) is 23.2 Å². The van der Waals surface area contributed by atoms with E-state index >= 15 is 0 Å². The fourth-order valence-electron chi connectivity index (χ4n) is 3.85. The molecule has 2 aliphatic rings. The maximum absolute atomic E-state index is 5.82. The summed E-state index contributed by atoms with van der Waals surface area (Å²) in [5, 5.41) is 3.49. The average molecular weight is 352 g/mol. The van der Waals surface area contributed by atoms with Gasteiger partial charge in [-0.1, -0.05) is 12.1 Å². The molecule has 1 atom stereocenters. The number of benzene rings is 1. The molecule has 138 valence electrons. The molecule has 0 saturated carbocycles. The monoisotopic (exact) mass is 352 g/mol. The Labute approximate surface area is 155 Å². The van der Waals surface area contributed by atoms with Crippen LogP contribution in [0.5, 0.6) is 5.75 Å². The van der Waals surface area contributed by atoms with Crippen molar-refractivity contribution in [1.29, 1.82) is 0 Å². The van der Waals surface area contributed by atoms with E-state index in [1.807, 2.05) is 12.3 Å². The van der Waals surface area contributed by atoms with E-state index in [1.54, 1.807) is 0 Å². The lowest BCUT2D eigenvalue weighted by Crippen LogP contribution is -2.31. The first-order chi connectivity index (χ1) is 12.7. The number of aromatic nitrogens is 2. The zero-order valence-electron chi connectivity index (χ0n) is 15.7. The number of hydrogen-bond donors (Lipinski definition) is 1. The van der Waals surface area contributed by atoms with Crippen LogP contribution < -0.4 is 10.1 Å². The van der Waals surface area contributed by atoms with E-state index < -0.39 is 0 Å². The highest BCUT2D eigenvalue weighted by Gasteiger charge is 2.23. The zero-order valence-corrected chi connectivity index (χ0v) is 15.7. The Balaban J connectivity index is 1.42. The number of hydrogen-bond acceptors (Lipinski definition) is 5. The van der Waals surface area contributed by atoms with Gasteiger partial charge in [0, 0.05) is 43.5 Å². The summed E-state index contributed by atoms with van der Waals surface area (Å²) in [6.07, 6.45) is 5.62. The Kier molecular flexibility index (Phi) is 5.18. The molecule has 0 amide bonds. The fourth-order valence-corrected chi connectivity index (χ4v) is 3.85. The van der Waals surface area contributed by atoms with Crippen molar-refractivity contribution in [3.63, 3.8) is 0 Å². The number of nitrogens with one attached hydrogen (secondary N) is 1. The highest BCUT2D eigenvalue weighted by molar-refractivity contribution is 5.29. The van der Waals surface area contributed by atoms with E-state index in [-0.39, 0.29) is 6.10 Å². The number of rotatable bonds is 5. The van der Waals surface area contributed by atoms with Crippen LogP contribution in [-0.2, 0) is 19.5 Å². The minimum atomic E-state index is 0.202. The molecule has 0 bridgehead atoms. The van der Waals surface area contributed by atoms with Gasteiger partial charge >= 0.3 is 0 Å². The Hall–Kier alpha value is -1.98. The maximum Gasteiger partial charge on any atom is 0.145 e. The Morgan fingerprint density at radius 2 is 2.27 bits per heavy atom. The van der Waals surface area contributed by atoms with Gasteiger partial charge in [0.15, 0.2) is 0 Å². The van der Waals surface area contributed by atoms with Crippen molar-refractivity contribution < 1.29 is 4.74 Å². The summed E-state index contributed by atoms with van der Waals surface area (Å²) >= 11 is 0. The molecular weight excluding hydrogens is 324 g/mol. The Morgan fingerprint density at radius 3 is 3.08 bits per heavy atom. The second-order valence-corrected chi connectivity index (χ2v) is 7.62. The molecule has 3 heterocycles. The standard InChI is InChI=1S/C21H28N4O/c1-15(2)26-18-6-3-5-16(11-18)13-25-10-8-19-17(14-25)12-23-21(24-19)20-7-4-9-22-20/h3,5-6,11-12,15,20,22H,4,7-10,13-14H2,1-2H3. The highest BCUT2D eigenvalue weighted by atomic mass is 16.5. The van der Waals surface area contributed by atoms with E-state index in [4.69, 9.17) is 9.72 Å². The first-order valence-corrected chi connectivity index (χ1v) is 9.73. The van der Waals surface area contributed by atoms with Crippen molar-refractivity contribution >= 4 is 0 Å². The topological polar surface area (TPSA) is 50.3 Å². The SMILES string of the molecule is CC(C)Oc1cccc(CN2CCc3nc(C4CCCN4)ncc3C2)c1. The van der Waals surface area contributed by atoms with Crippen LogP contribution in [0.3, 0.4) is 0 Å². The van der Waals surface area contributed by atoms with Gasteiger partial charge in [-0.3, -0.25) is 4.90 Å². The van der Waals surface area contributed by atoms with Gasteiger partial charge in [0.05, 0.1) is 12.1 Å². The molecular formula is C21H28N4O. The van der Waals surface area contributed by atoms with Crippen LogP contribution in [-0.4, -0.2) is 34.1 Å². The molecule has 1 saturated heterocycles. The predicted octanol–water partition coefficient (Wildman–Crippen LogP) is 3.25. The summed E-state index contributed by atoms with van der Waals surface area (Å²) in [6, 6.07) is 8.78. The van der Waals surface area contributed by atoms with Crippen LogP contribution in [0.1, 0.15) is 55.4 Å². The smallest absolute Gasteiger partial charge is 0.145 e. The molecule has 0 spiro atoms. The van der Waals surface area contributed by atoms with Gasteiger partial charge in [-0.2, -0.15) is 0 Å². The fraction of sp³-hybridized carbons (Fsp3) is 0.524. The van der Waals surface area contributed by atoms with E-state index in [9.17, 15) is 0 Å². The molecule has 1 aromatic carbocycles. The lowest BCUT2D eigenvalue weighted by Gasteiger charge is -2.28. The van der Waals surface area contributed by atoms with Crippen molar-refractivity contribution in [3.05, 3.63) is 53.1 Å². The van der Waals surface area contributed by atoms with Gasteiger partial charge in [0.25, 0.3) is 0 Å². The van der Waals surface area contributed by atoms with Gasteiger partial charge in [0.2, 0.25) is 0 Å². The van der Waals surface area contributed by atoms with Crippen LogP contribution in [0, 0.1) is 0 Å². The second-order valence-electron chi connectivity index (χ2n) is 7.62. The zero-order chi connectivity index (χ0) is 17.9. The van der Waals surface area contributed by atoms with Gasteiger partial charge in [0.1, 0.15) is 11.6 Å². The van der Waals surface area contributed by atoms with Crippen molar-refractivity contribution in [3.8, 4) is 5.75 Å². The van der Waals surface area contributed by atoms with Gasteiger partial charge in [-0.25, -0.2) is 9.97 Å². The van der Waals surface area contributed by atoms with Crippen LogP contribution in [0.15, 0.2) is 30.5 Å². The van der Waals surface area contributed by atoms with E-state index in [0.29, 0.717) is 6.04 Å². The first kappa shape index (κ1) is 17.4. The van der Waals surface area contributed by atoms with Gasteiger partial charge in [-0.15, -0.1) is 0 Å². The second kappa shape index (κ2) is 7.72. The first-order valence-electron chi connectivity index (χ1n) is 9.73. The summed E-state index contributed by atoms with van der Waals surface area (Å²) in [6.45, 7) is 8.09. The molecule has 1 aromatic heterocycles. The third-order valence-electron chi connectivity index (χ3n) is 5.08. The van der Waals surface area contributed by atoms with Gasteiger partial charge in [-0.05, 0) is 50.9 Å². The molecule has 4 rings (SSSR count). The molecule has 26 heavy (non-hydrogen) atoms. The van der Waals surface area contributed by atoms with Crippen LogP contribution >= 0.6 is 0 Å². The molecule has 0 radical (unpaired) electrons. The summed E-state index contributed by atoms with van der Waals surface area (Å²) in [7, 11) is 0. The number of fused-ring (bicyclic) bond motifs is 1. The van der Waals surface area contributed by atoms with Crippen molar-refractivity contribution in [2.75, 3.05) is 13.1 Å². The molecule has 2 aliphatic heterocycles. The maximum atomic E-state index is 5.82. The van der Waals surface area contributed by atoms with Crippen molar-refractivity contribution in [2.45, 2.75) is 58.3 Å². The summed E-state index contributed by atoms with van der Waals surface area (Å²) < 4.78 is 5.82. The summed E-state index contributed by atoms with van der Waals surface area (Å²) in [5.74, 6) is 1.93. The molecule has 0 aliphatic carbocycles. The van der Waals surface area contributed by atoms with Crippen molar-refractivity contribution in [2.24, 2.45) is 0 Å². The molecule has 5 nitrogen and oxygen atoms in total. The Bertz CT molecular complexity index is 755. The highest BCUT2D eigenvalue weighted by Crippen LogP contribution is 2.24. The van der Waals surface area contributed by atoms with E-state index in [0.717, 1.165) is 50.6 Å². The third kappa shape index (κ3) is 4.05. The molecule has 1 N–H and O–H groups in total. The van der Waals surface area contributed by atoms with Crippen LogP contribution in [0.2, 0.25) is 0 Å². The molecule has 2 aromatic rings. The summed E-state index contributed by atoms with van der Waals surface area (Å²) in [5.41, 5.74) is 3.80. The number of ether oxygens (including phenoxy) is 1. The predicted molar refractivity (Wildman–Crippen MR) is 102 cm³/mol. The van der Waals surface area contributed by atoms with Crippen LogP contribution in [0.25, 0.3) is 0 Å². The van der Waals surface area contributed by atoms with Crippen LogP contribution in [0.4, 0.5) is 0 Å². The van der Waals surface area contributed by atoms with E-state index in [2.05, 4.69) is 47.2 Å². The minimum Gasteiger partial charge on any atom is -0.491 e. The Morgan fingerprint density at radius 1 is 1.35 bits per heavy atom. The summed E-state index contributed by atoms with van der Waals surface area (Å²) in [4.78, 5) is 12.0. The molecule has 5 heteroatoms. The molecule has 1 unspecified atom stereocenters. The largest absolute Gasteiger partial charge is 0.491 e. The van der Waals surface area contributed by atoms with Gasteiger partial charge < -0.3 is 10.1 Å². The lowest BCUT2D eigenvalue weighted by molar-refractivity contribution is 0.235. The quantitative estimate of drug-likeness (QED) is 0.895. The lowest BCUT2D eigenvalue weighted by atomic mass is 10.1. The average Bonchev–Trinajstić information content (AvgIpc) is 3.16. The number of nitrogens with zero attached hydrogens (tertiary/aromatic N) is 3. The minimum absolute atomic E-state index is 0.202. The third-order valence-corrected chi connectivity index (χ3v) is 5.08. The normalized spacial score (nSPS) is 20.3. The molecule has 1 fully saturated rings.